The lowest BCUT2D eigenvalue weighted by atomic mass is 10.0. The summed E-state index contributed by atoms with van der Waals surface area (Å²) in [6.45, 7) is 4.94. The van der Waals surface area contributed by atoms with E-state index >= 15 is 0 Å². The number of hydrogen-bond acceptors (Lipinski definition) is 3. The van der Waals surface area contributed by atoms with E-state index in [1.54, 1.807) is 7.11 Å². The van der Waals surface area contributed by atoms with Crippen molar-refractivity contribution in [1.82, 2.24) is 4.98 Å². The number of aromatic nitrogens is 1. The van der Waals surface area contributed by atoms with Gasteiger partial charge in [-0.2, -0.15) is 0 Å². The normalized spacial score (nSPS) is 12.7. The molecule has 1 heterocycles. The monoisotopic (exact) mass is 244 g/mol. The second-order valence-electron chi connectivity index (χ2n) is 4.83. The highest BCUT2D eigenvalue weighted by Crippen LogP contribution is 2.27. The van der Waals surface area contributed by atoms with Crippen LogP contribution < -0.4 is 10.5 Å². The zero-order valence-corrected chi connectivity index (χ0v) is 11.2. The molecule has 0 aliphatic rings. The number of benzene rings is 1. The van der Waals surface area contributed by atoms with E-state index in [4.69, 9.17) is 15.5 Å². The standard InChI is InChI=1S/C15H20N2O/c1-10(9-16)7-12-8-11(2)13-5-4-6-14(18-3)15(13)17-12/h4-6,8,10H,7,9,16H2,1-3H3. The average molecular weight is 244 g/mol. The van der Waals surface area contributed by atoms with Crippen LogP contribution in [0.3, 0.4) is 0 Å². The zero-order chi connectivity index (χ0) is 13.1. The van der Waals surface area contributed by atoms with Crippen LogP contribution in [0.25, 0.3) is 10.9 Å². The molecule has 3 nitrogen and oxygen atoms in total. The van der Waals surface area contributed by atoms with Crippen molar-refractivity contribution in [2.45, 2.75) is 20.3 Å². The fourth-order valence-electron chi connectivity index (χ4n) is 2.17. The number of nitrogens with two attached hydrogens (primary N) is 1. The number of nitrogens with zero attached hydrogens (tertiary/aromatic N) is 1. The Bertz CT molecular complexity index is 551. The number of methoxy groups -OCH3 is 1. The van der Waals surface area contributed by atoms with Crippen molar-refractivity contribution in [2.75, 3.05) is 13.7 Å². The number of ether oxygens (including phenoxy) is 1. The van der Waals surface area contributed by atoms with Crippen LogP contribution in [0.4, 0.5) is 0 Å². The molecule has 1 atom stereocenters. The van der Waals surface area contributed by atoms with Crippen molar-refractivity contribution in [3.8, 4) is 5.75 Å². The molecule has 1 unspecified atom stereocenters. The smallest absolute Gasteiger partial charge is 0.145 e. The van der Waals surface area contributed by atoms with Gasteiger partial charge in [-0.3, -0.25) is 0 Å². The lowest BCUT2D eigenvalue weighted by molar-refractivity contribution is 0.418. The molecule has 0 amide bonds. The van der Waals surface area contributed by atoms with Gasteiger partial charge in [0, 0.05) is 11.1 Å². The van der Waals surface area contributed by atoms with Crippen LogP contribution in [0.5, 0.6) is 5.75 Å². The summed E-state index contributed by atoms with van der Waals surface area (Å²) >= 11 is 0. The van der Waals surface area contributed by atoms with E-state index < -0.39 is 0 Å². The van der Waals surface area contributed by atoms with E-state index in [-0.39, 0.29) is 0 Å². The molecule has 1 aromatic carbocycles. The maximum absolute atomic E-state index is 5.67. The van der Waals surface area contributed by atoms with E-state index in [1.807, 2.05) is 12.1 Å². The predicted octanol–water partition coefficient (Wildman–Crippen LogP) is 2.69. The summed E-state index contributed by atoms with van der Waals surface area (Å²) < 4.78 is 5.38. The van der Waals surface area contributed by atoms with Crippen molar-refractivity contribution in [3.05, 3.63) is 35.5 Å². The van der Waals surface area contributed by atoms with E-state index in [1.165, 1.54) is 5.56 Å². The molecule has 2 N–H and O–H groups in total. The number of rotatable bonds is 4. The molecule has 0 saturated carbocycles. The third-order valence-corrected chi connectivity index (χ3v) is 3.24. The van der Waals surface area contributed by atoms with Gasteiger partial charge in [0.2, 0.25) is 0 Å². The summed E-state index contributed by atoms with van der Waals surface area (Å²) in [5.41, 5.74) is 8.94. The molecular weight excluding hydrogens is 224 g/mol. The Morgan fingerprint density at radius 3 is 2.83 bits per heavy atom. The average Bonchev–Trinajstić information content (AvgIpc) is 2.38. The SMILES string of the molecule is COc1cccc2c(C)cc(CC(C)CN)nc12. The molecule has 3 heteroatoms. The second kappa shape index (κ2) is 5.36. The van der Waals surface area contributed by atoms with Gasteiger partial charge in [0.1, 0.15) is 11.3 Å². The van der Waals surface area contributed by atoms with Gasteiger partial charge in [0.25, 0.3) is 0 Å². The highest BCUT2D eigenvalue weighted by atomic mass is 16.5. The summed E-state index contributed by atoms with van der Waals surface area (Å²) in [5.74, 6) is 1.28. The van der Waals surface area contributed by atoms with Crippen LogP contribution in [-0.4, -0.2) is 18.6 Å². The summed E-state index contributed by atoms with van der Waals surface area (Å²) in [6, 6.07) is 8.17. The van der Waals surface area contributed by atoms with Gasteiger partial charge in [-0.05, 0) is 43.5 Å². The molecule has 2 aromatic rings. The molecule has 0 bridgehead atoms. The third kappa shape index (κ3) is 2.46. The maximum Gasteiger partial charge on any atom is 0.145 e. The van der Waals surface area contributed by atoms with Crippen molar-refractivity contribution in [2.24, 2.45) is 11.7 Å². The van der Waals surface area contributed by atoms with Crippen LogP contribution in [-0.2, 0) is 6.42 Å². The largest absolute Gasteiger partial charge is 0.494 e. The number of aryl methyl sites for hydroxylation is 1. The molecule has 18 heavy (non-hydrogen) atoms. The van der Waals surface area contributed by atoms with Crippen molar-refractivity contribution >= 4 is 10.9 Å². The first-order chi connectivity index (χ1) is 8.65. The van der Waals surface area contributed by atoms with Crippen molar-refractivity contribution in [1.29, 1.82) is 0 Å². The van der Waals surface area contributed by atoms with Gasteiger partial charge in [-0.15, -0.1) is 0 Å². The Hall–Kier alpha value is -1.61. The van der Waals surface area contributed by atoms with Gasteiger partial charge >= 0.3 is 0 Å². The summed E-state index contributed by atoms with van der Waals surface area (Å²) in [6.07, 6.45) is 0.908. The topological polar surface area (TPSA) is 48.1 Å². The summed E-state index contributed by atoms with van der Waals surface area (Å²) in [4.78, 5) is 4.71. The Morgan fingerprint density at radius 1 is 1.39 bits per heavy atom. The van der Waals surface area contributed by atoms with E-state index in [0.717, 1.165) is 28.8 Å². The Kier molecular flexibility index (Phi) is 3.82. The van der Waals surface area contributed by atoms with E-state index in [2.05, 4.69) is 26.0 Å². The number of para-hydroxylation sites is 1. The first-order valence-corrected chi connectivity index (χ1v) is 6.29. The van der Waals surface area contributed by atoms with E-state index in [0.29, 0.717) is 12.5 Å². The zero-order valence-electron chi connectivity index (χ0n) is 11.2. The molecule has 0 fully saturated rings. The van der Waals surface area contributed by atoms with Crippen LogP contribution in [0.15, 0.2) is 24.3 Å². The minimum absolute atomic E-state index is 0.448. The van der Waals surface area contributed by atoms with Gasteiger partial charge in [-0.25, -0.2) is 4.98 Å². The Morgan fingerprint density at radius 2 is 2.17 bits per heavy atom. The molecular formula is C15H20N2O. The van der Waals surface area contributed by atoms with Crippen LogP contribution in [0.1, 0.15) is 18.2 Å². The van der Waals surface area contributed by atoms with Crippen molar-refractivity contribution in [3.63, 3.8) is 0 Å². The lowest BCUT2D eigenvalue weighted by Gasteiger charge is -2.12. The first kappa shape index (κ1) is 12.8. The van der Waals surface area contributed by atoms with Gasteiger partial charge in [0.05, 0.1) is 7.11 Å². The molecule has 2 rings (SSSR count). The van der Waals surface area contributed by atoms with Crippen LogP contribution in [0, 0.1) is 12.8 Å². The number of hydrogen-bond donors (Lipinski definition) is 1. The third-order valence-electron chi connectivity index (χ3n) is 3.24. The number of pyridine rings is 1. The van der Waals surface area contributed by atoms with Crippen LogP contribution in [0.2, 0.25) is 0 Å². The molecule has 0 saturated heterocycles. The van der Waals surface area contributed by atoms with Crippen molar-refractivity contribution < 1.29 is 4.74 Å². The molecule has 0 aliphatic carbocycles. The quantitative estimate of drug-likeness (QED) is 0.899. The van der Waals surface area contributed by atoms with Gasteiger partial charge in [0.15, 0.2) is 0 Å². The Labute approximate surface area is 108 Å². The Balaban J connectivity index is 2.52. The predicted molar refractivity (Wildman–Crippen MR) is 75.0 cm³/mol. The minimum Gasteiger partial charge on any atom is -0.494 e. The molecule has 0 spiro atoms. The summed E-state index contributed by atoms with van der Waals surface area (Å²) in [7, 11) is 1.68. The minimum atomic E-state index is 0.448. The van der Waals surface area contributed by atoms with Gasteiger partial charge < -0.3 is 10.5 Å². The summed E-state index contributed by atoms with van der Waals surface area (Å²) in [5, 5.41) is 1.15. The lowest BCUT2D eigenvalue weighted by Crippen LogP contribution is -2.14. The highest BCUT2D eigenvalue weighted by molar-refractivity contribution is 5.87. The molecule has 0 radical (unpaired) electrons. The second-order valence-corrected chi connectivity index (χ2v) is 4.83. The maximum atomic E-state index is 5.67. The highest BCUT2D eigenvalue weighted by Gasteiger charge is 2.09. The fourth-order valence-corrected chi connectivity index (χ4v) is 2.17. The number of fused-ring (bicyclic) bond motifs is 1. The van der Waals surface area contributed by atoms with E-state index in [9.17, 15) is 0 Å². The molecule has 0 aliphatic heterocycles. The molecule has 96 valence electrons. The molecule has 1 aromatic heterocycles. The van der Waals surface area contributed by atoms with Crippen LogP contribution >= 0.6 is 0 Å². The first-order valence-electron chi connectivity index (χ1n) is 6.29. The van der Waals surface area contributed by atoms with Gasteiger partial charge in [-0.1, -0.05) is 19.1 Å². The fraction of sp³-hybridized carbons (Fsp3) is 0.400.